The van der Waals surface area contributed by atoms with E-state index in [0.29, 0.717) is 0 Å². The Morgan fingerprint density at radius 3 is 2.65 bits per heavy atom. The highest BCUT2D eigenvalue weighted by molar-refractivity contribution is 5.77. The van der Waals surface area contributed by atoms with Crippen LogP contribution in [-0.2, 0) is 0 Å². The molecule has 0 aliphatic rings. The number of fused-ring (bicyclic) bond motifs is 1. The van der Waals surface area contributed by atoms with Gasteiger partial charge >= 0.3 is 0 Å². The van der Waals surface area contributed by atoms with E-state index in [1.54, 1.807) is 6.26 Å². The van der Waals surface area contributed by atoms with Gasteiger partial charge in [0.25, 0.3) is 0 Å². The second-order valence-corrected chi connectivity index (χ2v) is 5.06. The van der Waals surface area contributed by atoms with Gasteiger partial charge in [-0.25, -0.2) is 4.98 Å². The van der Waals surface area contributed by atoms with Crippen molar-refractivity contribution in [2.75, 3.05) is 5.32 Å². The number of pyridine rings is 1. The van der Waals surface area contributed by atoms with Crippen LogP contribution >= 0.6 is 0 Å². The van der Waals surface area contributed by atoms with Gasteiger partial charge in [0.1, 0.15) is 17.2 Å². The van der Waals surface area contributed by atoms with Crippen molar-refractivity contribution in [2.24, 2.45) is 0 Å². The molecule has 0 saturated heterocycles. The fourth-order valence-corrected chi connectivity index (χ4v) is 2.49. The highest BCUT2D eigenvalue weighted by Gasteiger charge is 2.16. The highest BCUT2D eigenvalue weighted by Crippen LogP contribution is 2.31. The molecule has 0 unspecified atom stereocenters. The smallest absolute Gasteiger partial charge is 0.156 e. The quantitative estimate of drug-likeness (QED) is 0.573. The van der Waals surface area contributed by atoms with Gasteiger partial charge in [0.05, 0.1) is 6.26 Å². The van der Waals surface area contributed by atoms with Crippen LogP contribution in [0.3, 0.4) is 0 Å². The lowest BCUT2D eigenvalue weighted by Crippen LogP contribution is -1.96. The van der Waals surface area contributed by atoms with E-state index >= 15 is 0 Å². The summed E-state index contributed by atoms with van der Waals surface area (Å²) in [5.41, 5.74) is 3.39. The predicted octanol–water partition coefficient (Wildman–Crippen LogP) is 4.32. The Balaban J connectivity index is 1.84. The standard InChI is InChI=1S/C19H13N3O/c1-2-14-8-10-15(11-9-14)20-19-18(16-6-5-13-23-16)21-17-7-3-4-12-22(17)19/h1,3-13,20H. The van der Waals surface area contributed by atoms with Crippen LogP contribution in [0.2, 0.25) is 0 Å². The van der Waals surface area contributed by atoms with E-state index in [0.717, 1.165) is 34.2 Å². The van der Waals surface area contributed by atoms with Gasteiger partial charge in [0, 0.05) is 17.4 Å². The third-order valence-corrected chi connectivity index (χ3v) is 3.60. The summed E-state index contributed by atoms with van der Waals surface area (Å²) >= 11 is 0. The Kier molecular flexibility index (Phi) is 3.10. The highest BCUT2D eigenvalue weighted by atomic mass is 16.3. The molecule has 3 heterocycles. The largest absolute Gasteiger partial charge is 0.463 e. The van der Waals surface area contributed by atoms with Crippen molar-refractivity contribution < 1.29 is 4.42 Å². The first-order valence-corrected chi connectivity index (χ1v) is 7.20. The second-order valence-electron chi connectivity index (χ2n) is 5.06. The number of imidazole rings is 1. The number of nitrogens with zero attached hydrogens (tertiary/aromatic N) is 2. The first-order valence-electron chi connectivity index (χ1n) is 7.20. The molecule has 0 atom stereocenters. The van der Waals surface area contributed by atoms with Crippen molar-refractivity contribution >= 4 is 17.2 Å². The molecule has 4 nitrogen and oxygen atoms in total. The van der Waals surface area contributed by atoms with Crippen molar-refractivity contribution in [1.82, 2.24) is 9.38 Å². The van der Waals surface area contributed by atoms with Crippen molar-refractivity contribution in [3.8, 4) is 23.8 Å². The van der Waals surface area contributed by atoms with Gasteiger partial charge in [-0.2, -0.15) is 0 Å². The Bertz CT molecular complexity index is 989. The molecule has 0 radical (unpaired) electrons. The van der Waals surface area contributed by atoms with Gasteiger partial charge in [0.2, 0.25) is 0 Å². The zero-order chi connectivity index (χ0) is 15.6. The minimum Gasteiger partial charge on any atom is -0.463 e. The van der Waals surface area contributed by atoms with E-state index in [4.69, 9.17) is 10.8 Å². The van der Waals surface area contributed by atoms with Crippen molar-refractivity contribution in [2.45, 2.75) is 0 Å². The first-order chi connectivity index (χ1) is 11.3. The first kappa shape index (κ1) is 13.2. The molecule has 3 aromatic heterocycles. The minimum atomic E-state index is 0.719. The average molecular weight is 299 g/mol. The molecule has 4 aromatic rings. The molecule has 0 bridgehead atoms. The molecule has 0 spiro atoms. The van der Waals surface area contributed by atoms with E-state index in [9.17, 15) is 0 Å². The zero-order valence-corrected chi connectivity index (χ0v) is 12.2. The molecule has 0 amide bonds. The summed E-state index contributed by atoms with van der Waals surface area (Å²) in [5.74, 6) is 4.19. The number of anilines is 2. The van der Waals surface area contributed by atoms with Crippen molar-refractivity contribution in [3.63, 3.8) is 0 Å². The second kappa shape index (κ2) is 5.39. The van der Waals surface area contributed by atoms with Crippen LogP contribution in [0.25, 0.3) is 17.1 Å². The molecule has 0 fully saturated rings. The van der Waals surface area contributed by atoms with Crippen LogP contribution in [0.1, 0.15) is 5.56 Å². The van der Waals surface area contributed by atoms with Crippen LogP contribution in [-0.4, -0.2) is 9.38 Å². The number of terminal acetylenes is 1. The lowest BCUT2D eigenvalue weighted by atomic mass is 10.2. The van der Waals surface area contributed by atoms with Gasteiger partial charge in [0.15, 0.2) is 5.76 Å². The number of hydrogen-bond acceptors (Lipinski definition) is 3. The normalized spacial score (nSPS) is 10.6. The van der Waals surface area contributed by atoms with E-state index in [1.807, 2.05) is 65.2 Å². The van der Waals surface area contributed by atoms with Crippen molar-refractivity contribution in [1.29, 1.82) is 0 Å². The Hall–Kier alpha value is -3.45. The van der Waals surface area contributed by atoms with E-state index in [2.05, 4.69) is 16.2 Å². The van der Waals surface area contributed by atoms with E-state index in [-0.39, 0.29) is 0 Å². The zero-order valence-electron chi connectivity index (χ0n) is 12.2. The Labute approximate surface area is 133 Å². The van der Waals surface area contributed by atoms with Crippen LogP contribution in [0.5, 0.6) is 0 Å². The maximum Gasteiger partial charge on any atom is 0.156 e. The van der Waals surface area contributed by atoms with Crippen LogP contribution in [0, 0.1) is 12.3 Å². The molecular formula is C19H13N3O. The van der Waals surface area contributed by atoms with Gasteiger partial charge < -0.3 is 9.73 Å². The van der Waals surface area contributed by atoms with Crippen LogP contribution in [0.15, 0.2) is 71.5 Å². The molecule has 4 rings (SSSR count). The number of furan rings is 1. The number of benzene rings is 1. The number of aromatic nitrogens is 2. The lowest BCUT2D eigenvalue weighted by molar-refractivity contribution is 0.581. The summed E-state index contributed by atoms with van der Waals surface area (Å²) < 4.78 is 7.51. The SMILES string of the molecule is C#Cc1ccc(Nc2c(-c3ccco3)nc3ccccn23)cc1. The predicted molar refractivity (Wildman–Crippen MR) is 90.6 cm³/mol. The molecule has 4 heteroatoms. The molecule has 0 saturated carbocycles. The van der Waals surface area contributed by atoms with Gasteiger partial charge in [-0.15, -0.1) is 6.42 Å². The Morgan fingerprint density at radius 1 is 1.04 bits per heavy atom. The summed E-state index contributed by atoms with van der Waals surface area (Å²) in [6.07, 6.45) is 9.01. The maximum absolute atomic E-state index is 5.52. The number of hydrogen-bond donors (Lipinski definition) is 1. The van der Waals surface area contributed by atoms with Crippen LogP contribution in [0.4, 0.5) is 11.5 Å². The maximum atomic E-state index is 5.52. The molecule has 0 aliphatic heterocycles. The third kappa shape index (κ3) is 2.34. The molecular weight excluding hydrogens is 286 g/mol. The summed E-state index contributed by atoms with van der Waals surface area (Å²) in [6, 6.07) is 17.3. The fourth-order valence-electron chi connectivity index (χ4n) is 2.49. The topological polar surface area (TPSA) is 42.5 Å². The third-order valence-electron chi connectivity index (χ3n) is 3.60. The van der Waals surface area contributed by atoms with Crippen molar-refractivity contribution in [3.05, 3.63) is 72.6 Å². The minimum absolute atomic E-state index is 0.719. The van der Waals surface area contributed by atoms with Crippen LogP contribution < -0.4 is 5.32 Å². The van der Waals surface area contributed by atoms with Gasteiger partial charge in [-0.3, -0.25) is 4.40 Å². The number of nitrogens with one attached hydrogen (secondary N) is 1. The van der Waals surface area contributed by atoms with Gasteiger partial charge in [-0.1, -0.05) is 12.0 Å². The van der Waals surface area contributed by atoms with Gasteiger partial charge in [-0.05, 0) is 48.5 Å². The van der Waals surface area contributed by atoms with E-state index < -0.39 is 0 Å². The monoisotopic (exact) mass is 299 g/mol. The molecule has 23 heavy (non-hydrogen) atoms. The molecule has 0 aliphatic carbocycles. The lowest BCUT2D eigenvalue weighted by Gasteiger charge is -2.08. The molecule has 1 N–H and O–H groups in total. The summed E-state index contributed by atoms with van der Waals surface area (Å²) in [6.45, 7) is 0. The summed E-state index contributed by atoms with van der Waals surface area (Å²) in [4.78, 5) is 4.66. The Morgan fingerprint density at radius 2 is 1.91 bits per heavy atom. The van der Waals surface area contributed by atoms with E-state index in [1.165, 1.54) is 0 Å². The summed E-state index contributed by atoms with van der Waals surface area (Å²) in [5, 5.41) is 3.41. The average Bonchev–Trinajstić information content (AvgIpc) is 3.24. The summed E-state index contributed by atoms with van der Waals surface area (Å²) in [7, 11) is 0. The molecule has 1 aromatic carbocycles. The number of rotatable bonds is 3. The molecule has 110 valence electrons. The fraction of sp³-hybridized carbons (Fsp3) is 0.